The summed E-state index contributed by atoms with van der Waals surface area (Å²) in [6.45, 7) is 4.21. The van der Waals surface area contributed by atoms with Crippen LogP contribution in [0.2, 0.25) is 0 Å². The smallest absolute Gasteiger partial charge is 0.0790 e. The normalized spacial score (nSPS) is 19.6. The maximum atomic E-state index is 5.24. The molecule has 1 rings (SSSR count). The molecule has 1 nitrogen and oxygen atoms in total. The fourth-order valence-corrected chi connectivity index (χ4v) is 1.18. The highest BCUT2D eigenvalue weighted by atomic mass is 16.5. The lowest BCUT2D eigenvalue weighted by Gasteiger charge is -2.09. The first-order valence-corrected chi connectivity index (χ1v) is 4.30. The lowest BCUT2D eigenvalue weighted by molar-refractivity contribution is 0.149. The highest BCUT2D eigenvalue weighted by Gasteiger charge is 2.04. The fourth-order valence-electron chi connectivity index (χ4n) is 1.18. The predicted molar refractivity (Wildman–Crippen MR) is 52.1 cm³/mol. The SMILES string of the molecule is COC(C)C1=CCC(C)=CC=C1. The maximum absolute atomic E-state index is 5.24. The Morgan fingerprint density at radius 1 is 1.50 bits per heavy atom. The molecule has 0 fully saturated rings. The highest BCUT2D eigenvalue weighted by molar-refractivity contribution is 5.31. The zero-order valence-electron chi connectivity index (χ0n) is 8.00. The van der Waals surface area contributed by atoms with Crippen molar-refractivity contribution >= 4 is 0 Å². The van der Waals surface area contributed by atoms with E-state index in [1.165, 1.54) is 11.1 Å². The maximum Gasteiger partial charge on any atom is 0.0790 e. The van der Waals surface area contributed by atoms with Gasteiger partial charge in [-0.25, -0.2) is 0 Å². The Bertz CT molecular complexity index is 233. The monoisotopic (exact) mass is 164 g/mol. The second-order valence-corrected chi connectivity index (χ2v) is 3.16. The van der Waals surface area contributed by atoms with Gasteiger partial charge in [0.2, 0.25) is 0 Å². The van der Waals surface area contributed by atoms with Gasteiger partial charge in [-0.15, -0.1) is 0 Å². The summed E-state index contributed by atoms with van der Waals surface area (Å²) >= 11 is 0. The summed E-state index contributed by atoms with van der Waals surface area (Å²) in [6, 6.07) is 0. The average Bonchev–Trinajstić information content (AvgIpc) is 2.29. The first-order valence-electron chi connectivity index (χ1n) is 4.30. The predicted octanol–water partition coefficient (Wildman–Crippen LogP) is 2.85. The topological polar surface area (TPSA) is 9.23 Å². The van der Waals surface area contributed by atoms with Crippen molar-refractivity contribution in [1.29, 1.82) is 0 Å². The Hall–Kier alpha value is -0.820. The van der Waals surface area contributed by atoms with E-state index < -0.39 is 0 Å². The molecule has 0 N–H and O–H groups in total. The van der Waals surface area contributed by atoms with Gasteiger partial charge in [-0.3, -0.25) is 0 Å². The van der Waals surface area contributed by atoms with Crippen molar-refractivity contribution in [2.45, 2.75) is 26.4 Å². The van der Waals surface area contributed by atoms with Crippen LogP contribution in [0, 0.1) is 0 Å². The minimum Gasteiger partial charge on any atom is -0.377 e. The van der Waals surface area contributed by atoms with Crippen LogP contribution in [0.5, 0.6) is 0 Å². The van der Waals surface area contributed by atoms with E-state index in [9.17, 15) is 0 Å². The van der Waals surface area contributed by atoms with Crippen molar-refractivity contribution in [3.63, 3.8) is 0 Å². The van der Waals surface area contributed by atoms with Gasteiger partial charge < -0.3 is 4.74 Å². The minimum atomic E-state index is 0.209. The molecule has 0 spiro atoms. The molecule has 1 heteroatoms. The van der Waals surface area contributed by atoms with Gasteiger partial charge in [-0.05, 0) is 25.8 Å². The van der Waals surface area contributed by atoms with E-state index in [4.69, 9.17) is 4.74 Å². The second-order valence-electron chi connectivity index (χ2n) is 3.16. The van der Waals surface area contributed by atoms with Crippen LogP contribution in [-0.2, 0) is 4.74 Å². The van der Waals surface area contributed by atoms with Crippen molar-refractivity contribution < 1.29 is 4.74 Å². The van der Waals surface area contributed by atoms with Crippen molar-refractivity contribution in [3.8, 4) is 0 Å². The molecule has 1 aliphatic rings. The van der Waals surface area contributed by atoms with E-state index in [-0.39, 0.29) is 6.10 Å². The molecule has 0 aromatic carbocycles. The molecule has 0 saturated heterocycles. The summed E-state index contributed by atoms with van der Waals surface area (Å²) < 4.78 is 5.24. The van der Waals surface area contributed by atoms with Gasteiger partial charge in [0.05, 0.1) is 6.10 Å². The van der Waals surface area contributed by atoms with E-state index in [1.54, 1.807) is 7.11 Å². The van der Waals surface area contributed by atoms with Crippen molar-refractivity contribution in [1.82, 2.24) is 0 Å². The molecule has 0 aromatic rings. The number of hydrogen-bond acceptors (Lipinski definition) is 1. The molecule has 1 aliphatic carbocycles. The minimum absolute atomic E-state index is 0.209. The van der Waals surface area contributed by atoms with Gasteiger partial charge in [0, 0.05) is 7.11 Å². The van der Waals surface area contributed by atoms with Gasteiger partial charge in [-0.1, -0.05) is 29.9 Å². The van der Waals surface area contributed by atoms with E-state index in [2.05, 4.69) is 38.2 Å². The molecule has 0 amide bonds. The molecule has 0 saturated carbocycles. The molecule has 1 unspecified atom stereocenters. The Morgan fingerprint density at radius 2 is 2.25 bits per heavy atom. The summed E-state index contributed by atoms with van der Waals surface area (Å²) in [5.74, 6) is 0. The van der Waals surface area contributed by atoms with E-state index >= 15 is 0 Å². The number of hydrogen-bond donors (Lipinski definition) is 0. The Morgan fingerprint density at radius 3 is 2.92 bits per heavy atom. The van der Waals surface area contributed by atoms with E-state index in [1.807, 2.05) is 0 Å². The summed E-state index contributed by atoms with van der Waals surface area (Å²) in [5, 5.41) is 0. The van der Waals surface area contributed by atoms with E-state index in [0.717, 1.165) is 6.42 Å². The summed E-state index contributed by atoms with van der Waals surface area (Å²) in [7, 11) is 1.74. The third-order valence-corrected chi connectivity index (χ3v) is 2.15. The lowest BCUT2D eigenvalue weighted by Crippen LogP contribution is -2.06. The fraction of sp³-hybridized carbons (Fsp3) is 0.455. The molecule has 0 aromatic heterocycles. The number of allylic oxidation sites excluding steroid dienone is 4. The average molecular weight is 164 g/mol. The van der Waals surface area contributed by atoms with Crippen LogP contribution < -0.4 is 0 Å². The molecule has 0 radical (unpaired) electrons. The van der Waals surface area contributed by atoms with Crippen LogP contribution in [0.15, 0.2) is 35.5 Å². The molecule has 0 aliphatic heterocycles. The zero-order chi connectivity index (χ0) is 8.97. The summed E-state index contributed by atoms with van der Waals surface area (Å²) in [4.78, 5) is 0. The van der Waals surface area contributed by atoms with Gasteiger partial charge >= 0.3 is 0 Å². The van der Waals surface area contributed by atoms with Crippen LogP contribution in [-0.4, -0.2) is 13.2 Å². The third-order valence-electron chi connectivity index (χ3n) is 2.15. The van der Waals surface area contributed by atoms with E-state index in [0.29, 0.717) is 0 Å². The molecule has 0 bridgehead atoms. The van der Waals surface area contributed by atoms with Gasteiger partial charge in [0.15, 0.2) is 0 Å². The first kappa shape index (κ1) is 9.27. The largest absolute Gasteiger partial charge is 0.377 e. The molecular weight excluding hydrogens is 148 g/mol. The van der Waals surface area contributed by atoms with Crippen molar-refractivity contribution in [2.24, 2.45) is 0 Å². The van der Waals surface area contributed by atoms with Crippen molar-refractivity contribution in [2.75, 3.05) is 7.11 Å². The van der Waals surface area contributed by atoms with Gasteiger partial charge in [0.1, 0.15) is 0 Å². The zero-order valence-corrected chi connectivity index (χ0v) is 8.00. The Balaban J connectivity index is 2.70. The molecule has 12 heavy (non-hydrogen) atoms. The number of methoxy groups -OCH3 is 1. The first-order chi connectivity index (χ1) is 5.74. The number of ether oxygens (including phenoxy) is 1. The van der Waals surface area contributed by atoms with Crippen LogP contribution >= 0.6 is 0 Å². The molecule has 1 atom stereocenters. The Labute approximate surface area is 74.4 Å². The lowest BCUT2D eigenvalue weighted by atomic mass is 10.1. The molecule has 66 valence electrons. The standard InChI is InChI=1S/C11H16O/c1-9-5-4-6-11(8-7-9)10(2)12-3/h4-6,8,10H,7H2,1-3H3. The second kappa shape index (κ2) is 4.27. The van der Waals surface area contributed by atoms with Crippen LogP contribution in [0.4, 0.5) is 0 Å². The van der Waals surface area contributed by atoms with Crippen LogP contribution in [0.3, 0.4) is 0 Å². The van der Waals surface area contributed by atoms with Crippen LogP contribution in [0.1, 0.15) is 20.3 Å². The van der Waals surface area contributed by atoms with Crippen LogP contribution in [0.25, 0.3) is 0 Å². The summed E-state index contributed by atoms with van der Waals surface area (Å²) in [6.07, 6.45) is 9.82. The van der Waals surface area contributed by atoms with Crippen molar-refractivity contribution in [3.05, 3.63) is 35.5 Å². The molecular formula is C11H16O. The van der Waals surface area contributed by atoms with Gasteiger partial charge in [-0.2, -0.15) is 0 Å². The summed E-state index contributed by atoms with van der Waals surface area (Å²) in [5.41, 5.74) is 2.66. The Kier molecular flexibility index (Phi) is 3.30. The highest BCUT2D eigenvalue weighted by Crippen LogP contribution is 2.15. The van der Waals surface area contributed by atoms with Gasteiger partial charge in [0.25, 0.3) is 0 Å². The number of rotatable bonds is 2. The quantitative estimate of drug-likeness (QED) is 0.609. The molecule has 0 heterocycles. The third kappa shape index (κ3) is 2.35.